The van der Waals surface area contributed by atoms with Gasteiger partial charge in [-0.15, -0.1) is 0 Å². The van der Waals surface area contributed by atoms with Crippen molar-refractivity contribution in [3.63, 3.8) is 0 Å². The number of benzene rings is 1. The first-order chi connectivity index (χ1) is 14.5. The summed E-state index contributed by atoms with van der Waals surface area (Å²) in [5.74, 6) is -1.71. The number of rotatable bonds is 7. The van der Waals surface area contributed by atoms with Crippen LogP contribution in [0.4, 0.5) is 0 Å². The highest BCUT2D eigenvalue weighted by Gasteiger charge is 2.37. The van der Waals surface area contributed by atoms with Gasteiger partial charge < -0.3 is 24.5 Å². The van der Waals surface area contributed by atoms with Gasteiger partial charge in [0, 0.05) is 6.42 Å². The summed E-state index contributed by atoms with van der Waals surface area (Å²) in [6, 6.07) is 4.96. The summed E-state index contributed by atoms with van der Waals surface area (Å²) in [6.45, 7) is 1.43. The molecule has 2 aliphatic rings. The smallest absolute Gasteiger partial charge is 0.534 e. The number of esters is 2. The predicted molar refractivity (Wildman–Crippen MR) is 109 cm³/mol. The van der Waals surface area contributed by atoms with Crippen molar-refractivity contribution in [3.8, 4) is 5.75 Å². The van der Waals surface area contributed by atoms with Crippen LogP contribution in [0.15, 0.2) is 18.2 Å². The SMILES string of the molecule is CCCC(=O)NC1Cc2cccc(C(=O)OCOC(=O)C3CCCCC3)c2OB1O. The van der Waals surface area contributed by atoms with E-state index in [2.05, 4.69) is 5.32 Å². The van der Waals surface area contributed by atoms with Gasteiger partial charge in [-0.1, -0.05) is 38.3 Å². The number of nitrogens with one attached hydrogen (secondary N) is 1. The maximum Gasteiger partial charge on any atom is 0.547 e. The third kappa shape index (κ3) is 5.53. The molecule has 3 rings (SSSR count). The quantitative estimate of drug-likeness (QED) is 0.397. The summed E-state index contributed by atoms with van der Waals surface area (Å²) in [7, 11) is -1.28. The molecular weight excluding hydrogens is 389 g/mol. The van der Waals surface area contributed by atoms with Gasteiger partial charge in [0.2, 0.25) is 12.7 Å². The normalized spacial score (nSPS) is 18.7. The third-order valence-electron chi connectivity index (χ3n) is 5.49. The summed E-state index contributed by atoms with van der Waals surface area (Å²) in [6.07, 6.45) is 6.15. The fourth-order valence-electron chi connectivity index (χ4n) is 3.89. The second kappa shape index (κ2) is 10.5. The molecule has 0 radical (unpaired) electrons. The first-order valence-corrected chi connectivity index (χ1v) is 10.6. The van der Waals surface area contributed by atoms with E-state index in [1.807, 2.05) is 6.92 Å². The summed E-state index contributed by atoms with van der Waals surface area (Å²) >= 11 is 0. The highest BCUT2D eigenvalue weighted by Crippen LogP contribution is 2.31. The zero-order valence-corrected chi connectivity index (χ0v) is 17.2. The number of amides is 1. The molecule has 0 saturated heterocycles. The Hall–Kier alpha value is -2.55. The van der Waals surface area contributed by atoms with E-state index in [-0.39, 0.29) is 29.1 Å². The molecule has 1 atom stereocenters. The van der Waals surface area contributed by atoms with Crippen LogP contribution in [-0.2, 0) is 25.5 Å². The van der Waals surface area contributed by atoms with Gasteiger partial charge in [-0.2, -0.15) is 0 Å². The zero-order valence-electron chi connectivity index (χ0n) is 17.2. The lowest BCUT2D eigenvalue weighted by atomic mass is 9.72. The molecule has 1 aromatic carbocycles. The van der Waals surface area contributed by atoms with E-state index in [9.17, 15) is 19.4 Å². The van der Waals surface area contributed by atoms with E-state index in [0.717, 1.165) is 32.1 Å². The second-order valence-electron chi connectivity index (χ2n) is 7.78. The fraction of sp³-hybridized carbons (Fsp3) is 0.571. The van der Waals surface area contributed by atoms with Crippen LogP contribution in [0.5, 0.6) is 5.75 Å². The Morgan fingerprint density at radius 2 is 1.97 bits per heavy atom. The Bertz CT molecular complexity index is 779. The molecule has 0 spiro atoms. The fourth-order valence-corrected chi connectivity index (χ4v) is 3.89. The molecule has 162 valence electrons. The number of fused-ring (bicyclic) bond motifs is 1. The predicted octanol–water partition coefficient (Wildman–Crippen LogP) is 2.16. The number of carbonyl (C=O) groups excluding carboxylic acids is 3. The van der Waals surface area contributed by atoms with Gasteiger partial charge in [-0.25, -0.2) is 4.79 Å². The Labute approximate surface area is 176 Å². The minimum Gasteiger partial charge on any atom is -0.534 e. The summed E-state index contributed by atoms with van der Waals surface area (Å²) in [5, 5.41) is 13.0. The van der Waals surface area contributed by atoms with Crippen LogP contribution in [0.2, 0.25) is 0 Å². The van der Waals surface area contributed by atoms with Gasteiger partial charge in [-0.05, 0) is 37.3 Å². The molecule has 1 fully saturated rings. The molecule has 1 amide bonds. The maximum atomic E-state index is 12.5. The summed E-state index contributed by atoms with van der Waals surface area (Å²) in [4.78, 5) is 36.4. The van der Waals surface area contributed by atoms with E-state index in [0.29, 0.717) is 24.8 Å². The molecule has 1 unspecified atom stereocenters. The van der Waals surface area contributed by atoms with Crippen LogP contribution in [0, 0.1) is 5.92 Å². The summed E-state index contributed by atoms with van der Waals surface area (Å²) in [5.41, 5.74) is 0.814. The maximum absolute atomic E-state index is 12.5. The van der Waals surface area contributed by atoms with Crippen molar-refractivity contribution in [3.05, 3.63) is 29.3 Å². The third-order valence-corrected chi connectivity index (χ3v) is 5.49. The van der Waals surface area contributed by atoms with Crippen LogP contribution < -0.4 is 9.97 Å². The van der Waals surface area contributed by atoms with Gasteiger partial charge >= 0.3 is 19.1 Å². The van der Waals surface area contributed by atoms with E-state index in [1.54, 1.807) is 12.1 Å². The van der Waals surface area contributed by atoms with Crippen LogP contribution in [0.25, 0.3) is 0 Å². The van der Waals surface area contributed by atoms with Crippen LogP contribution in [0.1, 0.15) is 67.8 Å². The molecule has 1 aliphatic carbocycles. The van der Waals surface area contributed by atoms with Crippen molar-refractivity contribution in [2.45, 2.75) is 64.2 Å². The van der Waals surface area contributed by atoms with Crippen LogP contribution >= 0.6 is 0 Å². The van der Waals surface area contributed by atoms with Crippen molar-refractivity contribution in [2.24, 2.45) is 5.92 Å². The van der Waals surface area contributed by atoms with Crippen LogP contribution in [-0.4, -0.2) is 42.7 Å². The Balaban J connectivity index is 1.57. The highest BCUT2D eigenvalue weighted by molar-refractivity contribution is 6.47. The molecule has 1 aliphatic heterocycles. The Kier molecular flexibility index (Phi) is 7.73. The Morgan fingerprint density at radius 3 is 2.70 bits per heavy atom. The molecule has 30 heavy (non-hydrogen) atoms. The molecular formula is C21H28BNO7. The number of ether oxygens (including phenoxy) is 2. The minimum absolute atomic E-state index is 0.125. The molecule has 0 aromatic heterocycles. The van der Waals surface area contributed by atoms with Gasteiger partial charge in [0.05, 0.1) is 11.9 Å². The van der Waals surface area contributed by atoms with Crippen molar-refractivity contribution in [2.75, 3.05) is 6.79 Å². The molecule has 8 nitrogen and oxygen atoms in total. The number of hydrogen-bond acceptors (Lipinski definition) is 7. The number of para-hydroxylation sites is 1. The largest absolute Gasteiger partial charge is 0.547 e. The van der Waals surface area contributed by atoms with E-state index in [1.165, 1.54) is 6.07 Å². The molecule has 2 N–H and O–H groups in total. The lowest BCUT2D eigenvalue weighted by molar-refractivity contribution is -0.158. The first-order valence-electron chi connectivity index (χ1n) is 10.6. The lowest BCUT2D eigenvalue weighted by Gasteiger charge is -2.29. The lowest BCUT2D eigenvalue weighted by Crippen LogP contribution is -2.53. The van der Waals surface area contributed by atoms with Crippen molar-refractivity contribution < 1.29 is 33.5 Å². The van der Waals surface area contributed by atoms with E-state index < -0.39 is 25.8 Å². The molecule has 9 heteroatoms. The van der Waals surface area contributed by atoms with Gasteiger partial charge in [0.15, 0.2) is 0 Å². The second-order valence-corrected chi connectivity index (χ2v) is 7.78. The standard InChI is InChI=1S/C21H28BNO7/c1-2-7-18(24)23-17-12-15-10-6-11-16(19(15)30-22(17)27)21(26)29-13-28-20(25)14-8-4-3-5-9-14/h6,10-11,14,17,27H,2-5,7-9,12-13H2,1H3,(H,23,24). The average Bonchev–Trinajstić information content (AvgIpc) is 2.74. The highest BCUT2D eigenvalue weighted by atomic mass is 16.7. The monoisotopic (exact) mass is 417 g/mol. The summed E-state index contributed by atoms with van der Waals surface area (Å²) < 4.78 is 15.7. The number of carbonyl (C=O) groups is 3. The number of hydrogen-bond donors (Lipinski definition) is 2. The van der Waals surface area contributed by atoms with Crippen LogP contribution in [0.3, 0.4) is 0 Å². The molecule has 1 heterocycles. The van der Waals surface area contributed by atoms with Gasteiger partial charge in [0.1, 0.15) is 11.3 Å². The van der Waals surface area contributed by atoms with Gasteiger partial charge in [0.25, 0.3) is 0 Å². The first kappa shape index (κ1) is 22.1. The van der Waals surface area contributed by atoms with Gasteiger partial charge in [-0.3, -0.25) is 9.59 Å². The topological polar surface area (TPSA) is 111 Å². The molecule has 1 saturated carbocycles. The van der Waals surface area contributed by atoms with Crippen molar-refractivity contribution >= 4 is 25.0 Å². The zero-order chi connectivity index (χ0) is 21.5. The van der Waals surface area contributed by atoms with E-state index >= 15 is 0 Å². The minimum atomic E-state index is -1.28. The average molecular weight is 417 g/mol. The van der Waals surface area contributed by atoms with Crippen molar-refractivity contribution in [1.82, 2.24) is 5.32 Å². The van der Waals surface area contributed by atoms with E-state index in [4.69, 9.17) is 14.1 Å². The van der Waals surface area contributed by atoms with Crippen molar-refractivity contribution in [1.29, 1.82) is 0 Å². The Morgan fingerprint density at radius 1 is 1.20 bits per heavy atom. The molecule has 1 aromatic rings. The molecule has 0 bridgehead atoms.